The first-order valence-corrected chi connectivity index (χ1v) is 21.7. The Morgan fingerprint density at radius 1 is 0.464 bits per heavy atom. The van der Waals surface area contributed by atoms with Gasteiger partial charge < -0.3 is 9.13 Å². The molecule has 0 radical (unpaired) electrons. The number of nitrogens with zero attached hydrogens (tertiary/aromatic N) is 16. The number of aromatic nitrogens is 16. The number of rotatable bonds is 1. The molecule has 12 rings (SSSR count). The number of benzene rings is 3. The first-order chi connectivity index (χ1) is 33.0. The summed E-state index contributed by atoms with van der Waals surface area (Å²) in [6.45, 7) is 14.0. The van der Waals surface area contributed by atoms with E-state index in [0.29, 0.717) is 11.3 Å². The molecule has 0 aliphatic rings. The summed E-state index contributed by atoms with van der Waals surface area (Å²) in [7, 11) is 4.15. The van der Waals surface area contributed by atoms with Crippen LogP contribution < -0.4 is 0 Å². The quantitative estimate of drug-likeness (QED) is 0.152. The number of fused-ring (bicyclic) bond motifs is 5. The Morgan fingerprint density at radius 3 is 1.81 bits per heavy atom. The van der Waals surface area contributed by atoms with Gasteiger partial charge in [-0.1, -0.05) is 56.0 Å². The van der Waals surface area contributed by atoms with E-state index in [1.807, 2.05) is 119 Å². The largest absolute Gasteiger partial charge is 0.348 e. The Balaban J connectivity index is 0.000000136. The summed E-state index contributed by atoms with van der Waals surface area (Å²) in [6, 6.07) is 30.6. The minimum atomic E-state index is 0. The zero-order valence-corrected chi connectivity index (χ0v) is 39.6. The molecule has 0 bridgehead atoms. The monoisotopic (exact) mass is 916 g/mol. The van der Waals surface area contributed by atoms with Crippen LogP contribution >= 0.6 is 0 Å². The molecule has 3 aromatic carbocycles. The van der Waals surface area contributed by atoms with E-state index < -0.39 is 0 Å². The first-order valence-electron chi connectivity index (χ1n) is 21.7. The van der Waals surface area contributed by atoms with E-state index in [1.54, 1.807) is 43.4 Å². The summed E-state index contributed by atoms with van der Waals surface area (Å²) < 4.78 is 6.20. The summed E-state index contributed by atoms with van der Waals surface area (Å²) in [6.07, 6.45) is 17.0. The van der Waals surface area contributed by atoms with Crippen LogP contribution in [-0.4, -0.2) is 78.7 Å². The highest BCUT2D eigenvalue weighted by Gasteiger charge is 2.06. The fraction of sp³-hybridized carbons (Fsp3) is 0.189. The van der Waals surface area contributed by atoms with E-state index in [4.69, 9.17) is 0 Å². The fourth-order valence-corrected chi connectivity index (χ4v) is 6.83. The Labute approximate surface area is 401 Å². The lowest BCUT2D eigenvalue weighted by Gasteiger charge is -1.98. The molecule has 0 saturated heterocycles. The minimum Gasteiger partial charge on any atom is -0.348 e. The Kier molecular flexibility index (Phi) is 17.0. The second-order valence-electron chi connectivity index (χ2n) is 15.5. The van der Waals surface area contributed by atoms with Gasteiger partial charge in [-0.3, -0.25) is 0 Å². The molecule has 16 heteroatoms. The third kappa shape index (κ3) is 12.8. The molecule has 0 spiro atoms. The maximum atomic E-state index is 4.38. The summed E-state index contributed by atoms with van der Waals surface area (Å²) in [4.78, 5) is 48.9. The van der Waals surface area contributed by atoms with E-state index in [0.717, 1.165) is 56.4 Å². The van der Waals surface area contributed by atoms with Gasteiger partial charge in [0.05, 0.1) is 34.8 Å². The summed E-state index contributed by atoms with van der Waals surface area (Å²) >= 11 is 0. The Hall–Kier alpha value is -8.79. The smallest absolute Gasteiger partial charge is 0.181 e. The van der Waals surface area contributed by atoms with Crippen LogP contribution in [-0.2, 0) is 14.1 Å². The lowest BCUT2D eigenvalue weighted by atomic mass is 10.2. The van der Waals surface area contributed by atoms with Gasteiger partial charge in [-0.25, -0.2) is 64.5 Å². The molecule has 0 aliphatic carbocycles. The maximum absolute atomic E-state index is 4.38. The van der Waals surface area contributed by atoms with Crippen molar-refractivity contribution in [3.63, 3.8) is 0 Å². The van der Waals surface area contributed by atoms with Gasteiger partial charge in [0.25, 0.3) is 0 Å². The predicted molar refractivity (Wildman–Crippen MR) is 275 cm³/mol. The van der Waals surface area contributed by atoms with Crippen LogP contribution in [0.5, 0.6) is 0 Å². The van der Waals surface area contributed by atoms with Crippen LogP contribution in [0, 0.1) is 48.5 Å². The van der Waals surface area contributed by atoms with Crippen molar-refractivity contribution in [1.82, 2.24) is 78.7 Å². The van der Waals surface area contributed by atoms with Crippen LogP contribution in [0.2, 0.25) is 0 Å². The Bertz CT molecular complexity index is 3410. The molecular weight excluding hydrogens is 861 g/mol. The third-order valence-corrected chi connectivity index (χ3v) is 10.7. The van der Waals surface area contributed by atoms with Crippen molar-refractivity contribution in [2.75, 3.05) is 0 Å². The van der Waals surface area contributed by atoms with Crippen LogP contribution in [0.4, 0.5) is 0 Å². The SMILES string of the molecule is C.Cc1c(C)n(C)c2ccccc12.Cc1cnn(-c2ccccc2)c1.Cc1nc2ccccc2n1C.Cc1ncc2cccnc2n1.Cc1ncc2nccnc2n1.Cc1ncnc2nccnc12. The van der Waals surface area contributed by atoms with Gasteiger partial charge >= 0.3 is 0 Å². The van der Waals surface area contributed by atoms with E-state index in [2.05, 4.69) is 125 Å². The number of hydrogen-bond donors (Lipinski definition) is 0. The average molecular weight is 917 g/mol. The van der Waals surface area contributed by atoms with Crippen molar-refractivity contribution < 1.29 is 0 Å². The number of aryl methyl sites for hydroxylation is 8. The van der Waals surface area contributed by atoms with Crippen molar-refractivity contribution in [2.24, 2.45) is 14.1 Å². The molecule has 69 heavy (non-hydrogen) atoms. The van der Waals surface area contributed by atoms with Gasteiger partial charge in [0.1, 0.15) is 34.8 Å². The highest BCUT2D eigenvalue weighted by Crippen LogP contribution is 2.23. The lowest BCUT2D eigenvalue weighted by Crippen LogP contribution is -1.92. The molecule has 0 aliphatic heterocycles. The van der Waals surface area contributed by atoms with Crippen molar-refractivity contribution in [3.05, 3.63) is 193 Å². The molecule has 348 valence electrons. The maximum Gasteiger partial charge on any atom is 0.181 e. The van der Waals surface area contributed by atoms with Gasteiger partial charge in [-0.15, -0.1) is 0 Å². The van der Waals surface area contributed by atoms with Gasteiger partial charge in [0, 0.05) is 79.5 Å². The van der Waals surface area contributed by atoms with Crippen molar-refractivity contribution >= 4 is 55.3 Å². The van der Waals surface area contributed by atoms with Gasteiger partial charge in [-0.2, -0.15) is 5.10 Å². The van der Waals surface area contributed by atoms with E-state index in [9.17, 15) is 0 Å². The van der Waals surface area contributed by atoms with Crippen LogP contribution in [0.3, 0.4) is 0 Å². The first kappa shape index (κ1) is 49.6. The molecule has 0 amide bonds. The Morgan fingerprint density at radius 2 is 1.10 bits per heavy atom. The zero-order chi connectivity index (χ0) is 48.0. The minimum absolute atomic E-state index is 0. The molecule has 9 heterocycles. The summed E-state index contributed by atoms with van der Waals surface area (Å²) in [5.41, 5.74) is 13.1. The molecule has 16 nitrogen and oxygen atoms in total. The molecule has 12 aromatic rings. The highest BCUT2D eigenvalue weighted by atomic mass is 15.3. The zero-order valence-electron chi connectivity index (χ0n) is 39.6. The molecule has 0 atom stereocenters. The van der Waals surface area contributed by atoms with Crippen molar-refractivity contribution in [3.8, 4) is 5.69 Å². The number of hydrogen-bond acceptors (Lipinski definition) is 13. The van der Waals surface area contributed by atoms with Gasteiger partial charge in [0.2, 0.25) is 0 Å². The van der Waals surface area contributed by atoms with E-state index >= 15 is 0 Å². The normalized spacial score (nSPS) is 10.3. The number of imidazole rings is 1. The fourth-order valence-electron chi connectivity index (χ4n) is 6.83. The summed E-state index contributed by atoms with van der Waals surface area (Å²) in [5, 5.41) is 6.56. The third-order valence-electron chi connectivity index (χ3n) is 10.7. The lowest BCUT2D eigenvalue weighted by molar-refractivity contribution is 0.880. The molecule has 0 unspecified atom stereocenters. The second-order valence-corrected chi connectivity index (χ2v) is 15.5. The van der Waals surface area contributed by atoms with Crippen LogP contribution in [0.15, 0.2) is 153 Å². The van der Waals surface area contributed by atoms with Crippen molar-refractivity contribution in [2.45, 2.75) is 55.9 Å². The average Bonchev–Trinajstić information content (AvgIpc) is 4.01. The van der Waals surface area contributed by atoms with E-state index in [-0.39, 0.29) is 7.43 Å². The molecule has 0 saturated carbocycles. The molecular formula is C53H56N16. The molecule has 9 aromatic heterocycles. The van der Waals surface area contributed by atoms with Crippen LogP contribution in [0.25, 0.3) is 61.0 Å². The second kappa shape index (κ2) is 23.6. The standard InChI is InChI=1S/C11H13N.C10H10N2.C9H10N2.C8H7N3.2C7H6N4.CH4/c1-8-9(2)12(3)11-7-5-4-6-10(8)11;1-9-7-11-12(8-9)10-5-3-2-4-6-10;1-7-10-8-5-3-4-6-9(8)11(7)2;1-6-10-5-7-3-2-4-9-8(7)11-6;1-5-6-7(11-4-10-5)9-3-2-8-6;1-5-10-4-6-7(11-5)9-3-2-8-6;/h4-7H,1-3H3;2-8H,1H3;3-6H,1-2H3;2-5H,1H3;2*2-4H,1H3;1H4. The molecule has 0 fully saturated rings. The van der Waals surface area contributed by atoms with E-state index in [1.165, 1.54) is 39.6 Å². The van der Waals surface area contributed by atoms with Gasteiger partial charge in [0.15, 0.2) is 16.9 Å². The van der Waals surface area contributed by atoms with Crippen molar-refractivity contribution in [1.29, 1.82) is 0 Å². The topological polar surface area (TPSA) is 182 Å². The number of para-hydroxylation sites is 4. The molecule has 0 N–H and O–H groups in total. The number of pyridine rings is 1. The predicted octanol–water partition coefficient (Wildman–Crippen LogP) is 10.3. The van der Waals surface area contributed by atoms with Gasteiger partial charge in [-0.05, 0) is 102 Å². The summed E-state index contributed by atoms with van der Waals surface area (Å²) in [5.74, 6) is 2.54. The van der Waals surface area contributed by atoms with Crippen LogP contribution in [0.1, 0.15) is 47.4 Å². The highest BCUT2D eigenvalue weighted by molar-refractivity contribution is 5.85.